The molecular weight excluding hydrogens is 331 g/mol. The summed E-state index contributed by atoms with van der Waals surface area (Å²) in [6, 6.07) is 7.99. The van der Waals surface area contributed by atoms with Gasteiger partial charge >= 0.3 is 0 Å². The van der Waals surface area contributed by atoms with E-state index in [1.165, 1.54) is 12.1 Å². The summed E-state index contributed by atoms with van der Waals surface area (Å²) in [6.07, 6.45) is 0. The Morgan fingerprint density at radius 2 is 1.84 bits per heavy atom. The van der Waals surface area contributed by atoms with Gasteiger partial charge in [-0.15, -0.1) is 0 Å². The predicted molar refractivity (Wildman–Crippen MR) is 78.5 cm³/mol. The van der Waals surface area contributed by atoms with Gasteiger partial charge in [-0.3, -0.25) is 4.79 Å². The van der Waals surface area contributed by atoms with Gasteiger partial charge in [0.2, 0.25) is 0 Å². The molecule has 98 valence electrons. The molecule has 0 aliphatic carbocycles. The Morgan fingerprint density at radius 1 is 1.16 bits per heavy atom. The van der Waals surface area contributed by atoms with Gasteiger partial charge < -0.3 is 0 Å². The maximum atomic E-state index is 13.9. The second kappa shape index (κ2) is 5.43. The summed E-state index contributed by atoms with van der Waals surface area (Å²) in [6.45, 7) is 3.77. The van der Waals surface area contributed by atoms with Crippen molar-refractivity contribution in [2.45, 2.75) is 13.8 Å². The Hall–Kier alpha value is -1.19. The van der Waals surface area contributed by atoms with Crippen molar-refractivity contribution < 1.29 is 9.18 Å². The lowest BCUT2D eigenvalue weighted by Gasteiger charge is -2.08. The summed E-state index contributed by atoms with van der Waals surface area (Å²) in [5.41, 5.74) is 2.36. The zero-order valence-corrected chi connectivity index (χ0v) is 12.8. The SMILES string of the molecule is Cc1ccc(C(=O)c2cc(Cl)c(Br)cc2F)c(C)c1. The van der Waals surface area contributed by atoms with Crippen LogP contribution in [0.1, 0.15) is 27.0 Å². The van der Waals surface area contributed by atoms with Gasteiger partial charge in [-0.1, -0.05) is 35.4 Å². The Kier molecular flexibility index (Phi) is 4.07. The number of hydrogen-bond acceptors (Lipinski definition) is 1. The van der Waals surface area contributed by atoms with E-state index in [0.717, 1.165) is 11.1 Å². The van der Waals surface area contributed by atoms with Crippen LogP contribution in [-0.2, 0) is 0 Å². The molecule has 0 fully saturated rings. The quantitative estimate of drug-likeness (QED) is 0.549. The van der Waals surface area contributed by atoms with Crippen LogP contribution in [0.5, 0.6) is 0 Å². The minimum Gasteiger partial charge on any atom is -0.288 e. The zero-order valence-electron chi connectivity index (χ0n) is 10.4. The smallest absolute Gasteiger partial charge is 0.196 e. The molecule has 2 aromatic carbocycles. The van der Waals surface area contributed by atoms with Crippen LogP contribution in [0.2, 0.25) is 5.02 Å². The van der Waals surface area contributed by atoms with Crippen molar-refractivity contribution in [3.05, 3.63) is 67.9 Å². The number of rotatable bonds is 2. The highest BCUT2D eigenvalue weighted by Crippen LogP contribution is 2.27. The highest BCUT2D eigenvalue weighted by atomic mass is 79.9. The van der Waals surface area contributed by atoms with E-state index in [9.17, 15) is 9.18 Å². The van der Waals surface area contributed by atoms with Crippen molar-refractivity contribution in [3.63, 3.8) is 0 Å². The van der Waals surface area contributed by atoms with Crippen LogP contribution >= 0.6 is 27.5 Å². The number of halogens is 3. The van der Waals surface area contributed by atoms with Crippen molar-refractivity contribution in [2.24, 2.45) is 0 Å². The van der Waals surface area contributed by atoms with Crippen molar-refractivity contribution >= 4 is 33.3 Å². The molecule has 2 aromatic rings. The molecule has 0 atom stereocenters. The fourth-order valence-corrected chi connectivity index (χ4v) is 2.39. The summed E-state index contributed by atoms with van der Waals surface area (Å²) >= 11 is 9.04. The van der Waals surface area contributed by atoms with Gasteiger partial charge in [0.05, 0.1) is 10.6 Å². The highest BCUT2D eigenvalue weighted by Gasteiger charge is 2.17. The summed E-state index contributed by atoms with van der Waals surface area (Å²) < 4.78 is 14.3. The zero-order chi connectivity index (χ0) is 14.2. The van der Waals surface area contributed by atoms with Gasteiger partial charge in [0.15, 0.2) is 5.78 Å². The molecule has 0 radical (unpaired) electrons. The predicted octanol–water partition coefficient (Wildman–Crippen LogP) is 5.09. The minimum atomic E-state index is -0.582. The number of aryl methyl sites for hydroxylation is 2. The molecule has 0 saturated carbocycles. The molecule has 0 saturated heterocycles. The highest BCUT2D eigenvalue weighted by molar-refractivity contribution is 9.10. The number of hydrogen-bond donors (Lipinski definition) is 0. The normalized spacial score (nSPS) is 10.6. The maximum absolute atomic E-state index is 13.9. The van der Waals surface area contributed by atoms with Crippen LogP contribution in [0.15, 0.2) is 34.8 Å². The van der Waals surface area contributed by atoms with E-state index in [1.54, 1.807) is 6.07 Å². The van der Waals surface area contributed by atoms with Gasteiger partial charge in [0.25, 0.3) is 0 Å². The van der Waals surface area contributed by atoms with Crippen LogP contribution in [0, 0.1) is 19.7 Å². The number of benzene rings is 2. The molecule has 19 heavy (non-hydrogen) atoms. The molecule has 0 aromatic heterocycles. The molecule has 0 N–H and O–H groups in total. The third-order valence-electron chi connectivity index (χ3n) is 2.88. The summed E-state index contributed by atoms with van der Waals surface area (Å²) in [7, 11) is 0. The number of carbonyl (C=O) groups is 1. The van der Waals surface area contributed by atoms with Crippen LogP contribution in [0.4, 0.5) is 4.39 Å². The van der Waals surface area contributed by atoms with Gasteiger partial charge in [0, 0.05) is 10.0 Å². The molecule has 1 nitrogen and oxygen atoms in total. The lowest BCUT2D eigenvalue weighted by Crippen LogP contribution is -2.06. The first-order valence-corrected chi connectivity index (χ1v) is 6.83. The van der Waals surface area contributed by atoms with E-state index in [0.29, 0.717) is 15.1 Å². The van der Waals surface area contributed by atoms with E-state index in [2.05, 4.69) is 15.9 Å². The van der Waals surface area contributed by atoms with Crippen molar-refractivity contribution in [1.29, 1.82) is 0 Å². The van der Waals surface area contributed by atoms with E-state index >= 15 is 0 Å². The third-order valence-corrected chi connectivity index (χ3v) is 4.08. The van der Waals surface area contributed by atoms with Crippen molar-refractivity contribution in [2.75, 3.05) is 0 Å². The number of ketones is 1. The van der Waals surface area contributed by atoms with Gasteiger partial charge in [0.1, 0.15) is 5.82 Å². The monoisotopic (exact) mass is 340 g/mol. The van der Waals surface area contributed by atoms with Crippen LogP contribution in [-0.4, -0.2) is 5.78 Å². The Labute approximate surface area is 124 Å². The lowest BCUT2D eigenvalue weighted by molar-refractivity contribution is 0.103. The van der Waals surface area contributed by atoms with E-state index < -0.39 is 5.82 Å². The average molecular weight is 342 g/mol. The summed E-state index contributed by atoms with van der Waals surface area (Å²) in [5.74, 6) is -0.939. The minimum absolute atomic E-state index is 0.0137. The molecule has 0 aliphatic heterocycles. The van der Waals surface area contributed by atoms with Crippen LogP contribution < -0.4 is 0 Å². The molecular formula is C15H11BrClFO. The first kappa shape index (κ1) is 14.2. The van der Waals surface area contributed by atoms with Gasteiger partial charge in [-0.2, -0.15) is 0 Å². The van der Waals surface area contributed by atoms with Crippen molar-refractivity contribution in [1.82, 2.24) is 0 Å². The molecule has 4 heteroatoms. The largest absolute Gasteiger partial charge is 0.288 e. The summed E-state index contributed by atoms with van der Waals surface area (Å²) in [5, 5.41) is 0.314. The second-order valence-electron chi connectivity index (χ2n) is 4.39. The Balaban J connectivity index is 2.53. The van der Waals surface area contributed by atoms with Crippen LogP contribution in [0.3, 0.4) is 0 Å². The van der Waals surface area contributed by atoms with E-state index in [4.69, 9.17) is 11.6 Å². The average Bonchev–Trinajstić information content (AvgIpc) is 2.33. The first-order chi connectivity index (χ1) is 8.90. The molecule has 2 rings (SSSR count). The van der Waals surface area contributed by atoms with Gasteiger partial charge in [-0.25, -0.2) is 4.39 Å². The maximum Gasteiger partial charge on any atom is 0.196 e. The molecule has 0 heterocycles. The second-order valence-corrected chi connectivity index (χ2v) is 5.66. The topological polar surface area (TPSA) is 17.1 Å². The lowest BCUT2D eigenvalue weighted by atomic mass is 9.97. The standard InChI is InChI=1S/C15H11BrClFO/c1-8-3-4-10(9(2)5-8)15(19)11-6-13(17)12(16)7-14(11)18/h3-7H,1-2H3. The Morgan fingerprint density at radius 3 is 2.47 bits per heavy atom. The summed E-state index contributed by atoms with van der Waals surface area (Å²) in [4.78, 5) is 12.3. The fourth-order valence-electron chi connectivity index (χ4n) is 1.91. The van der Waals surface area contributed by atoms with Gasteiger partial charge in [-0.05, 0) is 47.5 Å². The molecule has 0 amide bonds. The molecule has 0 aliphatic rings. The van der Waals surface area contributed by atoms with Crippen LogP contribution in [0.25, 0.3) is 0 Å². The molecule has 0 spiro atoms. The molecule has 0 bridgehead atoms. The van der Waals surface area contributed by atoms with E-state index in [1.807, 2.05) is 26.0 Å². The first-order valence-electron chi connectivity index (χ1n) is 5.66. The molecule has 0 unspecified atom stereocenters. The third kappa shape index (κ3) is 2.88. The van der Waals surface area contributed by atoms with E-state index in [-0.39, 0.29) is 11.3 Å². The Bertz CT molecular complexity index is 667. The van der Waals surface area contributed by atoms with Crippen molar-refractivity contribution in [3.8, 4) is 0 Å². The fraction of sp³-hybridized carbons (Fsp3) is 0.133. The number of carbonyl (C=O) groups excluding carboxylic acids is 1.